The van der Waals surface area contributed by atoms with E-state index in [0.29, 0.717) is 18.6 Å². The van der Waals surface area contributed by atoms with Crippen molar-refractivity contribution in [2.24, 2.45) is 5.41 Å². The molecule has 2 rings (SSSR count). The monoisotopic (exact) mass is 297 g/mol. The van der Waals surface area contributed by atoms with Gasteiger partial charge >= 0.3 is 0 Å². The van der Waals surface area contributed by atoms with Crippen LogP contribution < -0.4 is 5.32 Å². The van der Waals surface area contributed by atoms with Crippen LogP contribution in [0.1, 0.15) is 43.1 Å². The first-order chi connectivity index (χ1) is 9.32. The maximum atomic E-state index is 12.1. The fourth-order valence-corrected chi connectivity index (χ4v) is 3.50. The van der Waals surface area contributed by atoms with Crippen LogP contribution in [0.5, 0.6) is 0 Å². The molecule has 2 N–H and O–H groups in total. The maximum Gasteiger partial charge on any atom is 0.252 e. The molecule has 1 aromatic rings. The Bertz CT molecular complexity index is 497. The molecule has 1 fully saturated rings. The topological polar surface area (TPSA) is 58.6 Å². The highest BCUT2D eigenvalue weighted by Gasteiger charge is 2.59. The number of nitrogens with one attached hydrogen (secondary N) is 1. The molecule has 4 nitrogen and oxygen atoms in total. The van der Waals surface area contributed by atoms with E-state index >= 15 is 0 Å². The molecule has 0 saturated heterocycles. The molecule has 0 bridgehead atoms. The third kappa shape index (κ3) is 2.50. The molecule has 1 heterocycles. The van der Waals surface area contributed by atoms with Crippen LogP contribution >= 0.6 is 11.3 Å². The standard InChI is InChI=1S/C15H23NO3S/c1-5-19-12-6-15(18,14(12,3)4)9-16-13(17)11-8-20-7-10(11)2/h7-8,12,18H,5-6,9H2,1-4H3,(H,16,17)/t12-,15-/m0/s1. The summed E-state index contributed by atoms with van der Waals surface area (Å²) in [5.74, 6) is -0.118. The van der Waals surface area contributed by atoms with Crippen LogP contribution in [-0.4, -0.2) is 35.9 Å². The zero-order chi connectivity index (χ0) is 15.0. The number of aliphatic hydroxyl groups is 1. The smallest absolute Gasteiger partial charge is 0.252 e. The molecule has 1 amide bonds. The third-order valence-electron chi connectivity index (χ3n) is 4.54. The van der Waals surface area contributed by atoms with Crippen LogP contribution in [0.4, 0.5) is 0 Å². The van der Waals surface area contributed by atoms with Crippen molar-refractivity contribution in [1.82, 2.24) is 5.32 Å². The zero-order valence-corrected chi connectivity index (χ0v) is 13.3. The van der Waals surface area contributed by atoms with E-state index in [1.54, 1.807) is 0 Å². The van der Waals surface area contributed by atoms with Gasteiger partial charge in [0.05, 0.1) is 17.3 Å². The van der Waals surface area contributed by atoms with Gasteiger partial charge in [-0.1, -0.05) is 13.8 Å². The van der Waals surface area contributed by atoms with E-state index in [-0.39, 0.29) is 24.0 Å². The normalized spacial score (nSPS) is 27.9. The lowest BCUT2D eigenvalue weighted by Crippen LogP contribution is -2.68. The van der Waals surface area contributed by atoms with Crippen molar-refractivity contribution < 1.29 is 14.6 Å². The van der Waals surface area contributed by atoms with Gasteiger partial charge in [-0.05, 0) is 24.8 Å². The molecule has 0 aromatic carbocycles. The number of carbonyl (C=O) groups excluding carboxylic acids is 1. The number of rotatable bonds is 5. The van der Waals surface area contributed by atoms with E-state index in [1.165, 1.54) is 11.3 Å². The quantitative estimate of drug-likeness (QED) is 0.877. The second-order valence-corrected chi connectivity index (χ2v) is 6.80. The van der Waals surface area contributed by atoms with Gasteiger partial charge in [0.15, 0.2) is 0 Å². The number of hydrogen-bond acceptors (Lipinski definition) is 4. The largest absolute Gasteiger partial charge is 0.387 e. The number of aryl methyl sites for hydroxylation is 1. The Labute approximate surface area is 124 Å². The lowest BCUT2D eigenvalue weighted by atomic mass is 9.56. The van der Waals surface area contributed by atoms with Crippen molar-refractivity contribution >= 4 is 17.2 Å². The molecule has 1 saturated carbocycles. The first-order valence-corrected chi connectivity index (χ1v) is 7.91. The molecule has 2 atom stereocenters. The Morgan fingerprint density at radius 3 is 2.75 bits per heavy atom. The Morgan fingerprint density at radius 1 is 1.55 bits per heavy atom. The minimum atomic E-state index is -0.896. The van der Waals surface area contributed by atoms with Crippen molar-refractivity contribution in [3.05, 3.63) is 21.9 Å². The highest BCUT2D eigenvalue weighted by atomic mass is 32.1. The van der Waals surface area contributed by atoms with Crippen LogP contribution in [-0.2, 0) is 4.74 Å². The summed E-state index contributed by atoms with van der Waals surface area (Å²) >= 11 is 1.51. The second kappa shape index (κ2) is 5.47. The van der Waals surface area contributed by atoms with Crippen LogP contribution in [0.3, 0.4) is 0 Å². The van der Waals surface area contributed by atoms with Crippen molar-refractivity contribution in [3.63, 3.8) is 0 Å². The highest BCUT2D eigenvalue weighted by Crippen LogP contribution is 2.50. The van der Waals surface area contributed by atoms with Crippen LogP contribution in [0.2, 0.25) is 0 Å². The number of hydrogen-bond donors (Lipinski definition) is 2. The Hall–Kier alpha value is -0.910. The van der Waals surface area contributed by atoms with Crippen molar-refractivity contribution in [1.29, 1.82) is 0 Å². The van der Waals surface area contributed by atoms with E-state index < -0.39 is 5.60 Å². The Balaban J connectivity index is 1.95. The molecule has 1 aliphatic rings. The fraction of sp³-hybridized carbons (Fsp3) is 0.667. The molecule has 1 aliphatic carbocycles. The van der Waals surface area contributed by atoms with E-state index in [2.05, 4.69) is 5.32 Å². The van der Waals surface area contributed by atoms with Crippen LogP contribution in [0.15, 0.2) is 10.8 Å². The molecule has 5 heteroatoms. The summed E-state index contributed by atoms with van der Waals surface area (Å²) < 4.78 is 5.62. The molecule has 0 unspecified atom stereocenters. The van der Waals surface area contributed by atoms with Gasteiger partial charge < -0.3 is 15.2 Å². The SMILES string of the molecule is CCO[C@H]1C[C@](O)(CNC(=O)c2cscc2C)C1(C)C. The summed E-state index contributed by atoms with van der Waals surface area (Å²) in [6.45, 7) is 8.74. The van der Waals surface area contributed by atoms with Crippen molar-refractivity contribution in [3.8, 4) is 0 Å². The first-order valence-electron chi connectivity index (χ1n) is 6.97. The minimum Gasteiger partial charge on any atom is -0.387 e. The lowest BCUT2D eigenvalue weighted by Gasteiger charge is -2.57. The van der Waals surface area contributed by atoms with Crippen LogP contribution in [0.25, 0.3) is 0 Å². The van der Waals surface area contributed by atoms with Gasteiger partial charge in [0.2, 0.25) is 0 Å². The summed E-state index contributed by atoms with van der Waals surface area (Å²) in [4.78, 5) is 12.1. The van der Waals surface area contributed by atoms with E-state index in [9.17, 15) is 9.90 Å². The number of amides is 1. The molecular weight excluding hydrogens is 274 g/mol. The van der Waals surface area contributed by atoms with Crippen LogP contribution in [0, 0.1) is 12.3 Å². The summed E-state index contributed by atoms with van der Waals surface area (Å²) in [6, 6.07) is 0. The lowest BCUT2D eigenvalue weighted by molar-refractivity contribution is -0.237. The van der Waals surface area contributed by atoms with E-state index in [1.807, 2.05) is 38.5 Å². The molecule has 0 spiro atoms. The summed E-state index contributed by atoms with van der Waals surface area (Å²) in [7, 11) is 0. The molecule has 0 aliphatic heterocycles. The number of carbonyl (C=O) groups is 1. The number of ether oxygens (including phenoxy) is 1. The number of thiophene rings is 1. The van der Waals surface area contributed by atoms with E-state index in [0.717, 1.165) is 5.56 Å². The van der Waals surface area contributed by atoms with Gasteiger partial charge in [-0.25, -0.2) is 0 Å². The van der Waals surface area contributed by atoms with E-state index in [4.69, 9.17) is 4.74 Å². The van der Waals surface area contributed by atoms with Crippen molar-refractivity contribution in [2.75, 3.05) is 13.2 Å². The average Bonchev–Trinajstić information content (AvgIpc) is 2.82. The summed E-state index contributed by atoms with van der Waals surface area (Å²) in [5, 5.41) is 17.3. The van der Waals surface area contributed by atoms with Gasteiger partial charge in [0.25, 0.3) is 5.91 Å². The predicted molar refractivity (Wildman–Crippen MR) is 80.2 cm³/mol. The summed E-state index contributed by atoms with van der Waals surface area (Å²) in [5.41, 5.74) is 0.420. The zero-order valence-electron chi connectivity index (χ0n) is 12.5. The van der Waals surface area contributed by atoms with Gasteiger partial charge in [-0.2, -0.15) is 11.3 Å². The average molecular weight is 297 g/mol. The van der Waals surface area contributed by atoms with Gasteiger partial charge in [-0.3, -0.25) is 4.79 Å². The second-order valence-electron chi connectivity index (χ2n) is 6.05. The predicted octanol–water partition coefficient (Wildman–Crippen LogP) is 2.35. The minimum absolute atomic E-state index is 0.0530. The maximum absolute atomic E-state index is 12.1. The Kier molecular flexibility index (Phi) is 4.23. The van der Waals surface area contributed by atoms with Gasteiger partial charge in [-0.15, -0.1) is 0 Å². The van der Waals surface area contributed by atoms with Gasteiger partial charge in [0.1, 0.15) is 0 Å². The summed E-state index contributed by atoms with van der Waals surface area (Å²) in [6.07, 6.45) is 0.619. The molecule has 1 aromatic heterocycles. The van der Waals surface area contributed by atoms with Gasteiger partial charge in [0, 0.05) is 30.4 Å². The Morgan fingerprint density at radius 2 is 2.25 bits per heavy atom. The molecule has 0 radical (unpaired) electrons. The molecule has 20 heavy (non-hydrogen) atoms. The molecule has 112 valence electrons. The van der Waals surface area contributed by atoms with Crippen molar-refractivity contribution in [2.45, 2.75) is 45.8 Å². The highest BCUT2D eigenvalue weighted by molar-refractivity contribution is 7.08. The fourth-order valence-electron chi connectivity index (χ4n) is 2.68. The molecular formula is C15H23NO3S. The third-order valence-corrected chi connectivity index (χ3v) is 5.40. The first kappa shape index (κ1) is 15.5.